The van der Waals surface area contributed by atoms with Crippen molar-refractivity contribution in [2.45, 2.75) is 33.2 Å². The maximum absolute atomic E-state index is 5.47. The Labute approximate surface area is 99.9 Å². The maximum atomic E-state index is 5.47. The van der Waals surface area contributed by atoms with Crippen molar-refractivity contribution in [3.63, 3.8) is 0 Å². The number of nitrogens with two attached hydrogens (primary N) is 1. The van der Waals surface area contributed by atoms with E-state index in [0.29, 0.717) is 24.2 Å². The summed E-state index contributed by atoms with van der Waals surface area (Å²) in [5.41, 5.74) is 7.39. The molecule has 6 nitrogen and oxygen atoms in total. The summed E-state index contributed by atoms with van der Waals surface area (Å²) in [5, 5.41) is 4.20. The van der Waals surface area contributed by atoms with Crippen molar-refractivity contribution in [1.82, 2.24) is 24.7 Å². The van der Waals surface area contributed by atoms with Gasteiger partial charge in [-0.15, -0.1) is 5.10 Å². The first kappa shape index (κ1) is 11.7. The first-order valence-electron chi connectivity index (χ1n) is 5.56. The van der Waals surface area contributed by atoms with Gasteiger partial charge in [0.05, 0.1) is 6.54 Å². The van der Waals surface area contributed by atoms with Crippen LogP contribution in [0.4, 0.5) is 0 Å². The average Bonchev–Trinajstić information content (AvgIpc) is 2.76. The van der Waals surface area contributed by atoms with Gasteiger partial charge in [0.1, 0.15) is 6.33 Å². The van der Waals surface area contributed by atoms with Gasteiger partial charge < -0.3 is 5.73 Å². The van der Waals surface area contributed by atoms with Crippen molar-refractivity contribution in [1.29, 1.82) is 0 Å². The topological polar surface area (TPSA) is 82.5 Å². The van der Waals surface area contributed by atoms with Crippen LogP contribution >= 0.6 is 0 Å². The summed E-state index contributed by atoms with van der Waals surface area (Å²) in [4.78, 5) is 12.9. The Balaban J connectivity index is 2.44. The molecule has 0 aromatic carbocycles. The van der Waals surface area contributed by atoms with E-state index in [1.54, 1.807) is 11.0 Å². The fourth-order valence-electron chi connectivity index (χ4n) is 1.46. The van der Waals surface area contributed by atoms with Crippen LogP contribution < -0.4 is 5.73 Å². The summed E-state index contributed by atoms with van der Waals surface area (Å²) in [6.07, 6.45) is 1.58. The van der Waals surface area contributed by atoms with Gasteiger partial charge in [-0.2, -0.15) is 4.68 Å². The number of aromatic nitrogens is 5. The molecule has 2 heterocycles. The molecule has 90 valence electrons. The van der Waals surface area contributed by atoms with E-state index in [-0.39, 0.29) is 0 Å². The van der Waals surface area contributed by atoms with Gasteiger partial charge in [-0.05, 0) is 18.9 Å². The van der Waals surface area contributed by atoms with E-state index in [2.05, 4.69) is 33.9 Å². The Kier molecular flexibility index (Phi) is 3.14. The molecule has 0 saturated carbocycles. The molecule has 0 radical (unpaired) electrons. The van der Waals surface area contributed by atoms with Gasteiger partial charge >= 0.3 is 0 Å². The highest BCUT2D eigenvalue weighted by molar-refractivity contribution is 5.19. The zero-order valence-electron chi connectivity index (χ0n) is 10.3. The maximum Gasteiger partial charge on any atom is 0.252 e. The van der Waals surface area contributed by atoms with Crippen molar-refractivity contribution >= 4 is 0 Å². The van der Waals surface area contributed by atoms with Gasteiger partial charge in [0.2, 0.25) is 0 Å². The number of rotatable bonds is 3. The molecular weight excluding hydrogens is 216 g/mol. The minimum absolute atomic E-state index is 0.315. The van der Waals surface area contributed by atoms with Gasteiger partial charge in [0.25, 0.3) is 5.95 Å². The molecule has 0 saturated heterocycles. The van der Waals surface area contributed by atoms with Gasteiger partial charge in [0, 0.05) is 11.4 Å². The Morgan fingerprint density at radius 1 is 1.35 bits per heavy atom. The van der Waals surface area contributed by atoms with Crippen LogP contribution in [0.2, 0.25) is 0 Å². The van der Waals surface area contributed by atoms with E-state index in [1.807, 2.05) is 13.0 Å². The summed E-state index contributed by atoms with van der Waals surface area (Å²) in [7, 11) is 0. The second-order valence-electron chi connectivity index (χ2n) is 4.20. The summed E-state index contributed by atoms with van der Waals surface area (Å²) in [6.45, 7) is 6.45. The molecule has 0 amide bonds. The van der Waals surface area contributed by atoms with E-state index in [1.165, 1.54) is 0 Å². The molecular formula is C11H16N6. The first-order valence-corrected chi connectivity index (χ1v) is 5.56. The molecule has 6 heteroatoms. The predicted molar refractivity (Wildman–Crippen MR) is 63.7 cm³/mol. The summed E-state index contributed by atoms with van der Waals surface area (Å²) >= 11 is 0. The van der Waals surface area contributed by atoms with Crippen molar-refractivity contribution < 1.29 is 0 Å². The number of hydrogen-bond acceptors (Lipinski definition) is 5. The fraction of sp³-hybridized carbons (Fsp3) is 0.455. The van der Waals surface area contributed by atoms with Crippen LogP contribution in [-0.4, -0.2) is 24.7 Å². The quantitative estimate of drug-likeness (QED) is 0.851. The summed E-state index contributed by atoms with van der Waals surface area (Å²) in [6, 6.07) is 1.98. The first-order chi connectivity index (χ1) is 8.10. The van der Waals surface area contributed by atoms with Crippen LogP contribution in [-0.2, 0) is 6.54 Å². The zero-order chi connectivity index (χ0) is 12.4. The second kappa shape index (κ2) is 4.58. The largest absolute Gasteiger partial charge is 0.324 e. The molecule has 0 unspecified atom stereocenters. The van der Waals surface area contributed by atoms with Crippen LogP contribution in [0, 0.1) is 6.92 Å². The number of nitrogens with zero attached hydrogens (tertiary/aromatic N) is 5. The number of aryl methyl sites for hydroxylation is 1. The Morgan fingerprint density at radius 3 is 2.71 bits per heavy atom. The van der Waals surface area contributed by atoms with Crippen LogP contribution in [0.15, 0.2) is 12.4 Å². The normalized spacial score (nSPS) is 11.1. The molecule has 0 aliphatic carbocycles. The van der Waals surface area contributed by atoms with E-state index >= 15 is 0 Å². The Bertz CT molecular complexity index is 516. The smallest absolute Gasteiger partial charge is 0.252 e. The molecule has 0 spiro atoms. The zero-order valence-corrected chi connectivity index (χ0v) is 10.3. The van der Waals surface area contributed by atoms with Crippen LogP contribution in [0.25, 0.3) is 5.95 Å². The molecule has 17 heavy (non-hydrogen) atoms. The molecule has 0 fully saturated rings. The molecule has 0 atom stereocenters. The third-order valence-corrected chi connectivity index (χ3v) is 2.38. The van der Waals surface area contributed by atoms with Crippen molar-refractivity contribution in [2.75, 3.05) is 0 Å². The van der Waals surface area contributed by atoms with Gasteiger partial charge in [-0.25, -0.2) is 15.0 Å². The molecule has 2 aromatic heterocycles. The SMILES string of the molecule is Cc1cc(C(C)C)nc(-n2cnc(CN)n2)n1. The number of hydrogen-bond donors (Lipinski definition) is 1. The summed E-state index contributed by atoms with van der Waals surface area (Å²) < 4.78 is 1.56. The monoisotopic (exact) mass is 232 g/mol. The molecule has 2 aromatic rings. The predicted octanol–water partition coefficient (Wildman–Crippen LogP) is 0.948. The lowest BCUT2D eigenvalue weighted by Gasteiger charge is -2.07. The van der Waals surface area contributed by atoms with Crippen molar-refractivity contribution in [2.24, 2.45) is 5.73 Å². The summed E-state index contributed by atoms with van der Waals surface area (Å²) in [5.74, 6) is 1.48. The van der Waals surface area contributed by atoms with E-state index in [9.17, 15) is 0 Å². The van der Waals surface area contributed by atoms with E-state index in [4.69, 9.17) is 5.73 Å². The lowest BCUT2D eigenvalue weighted by Crippen LogP contribution is -2.07. The minimum atomic E-state index is 0.315. The molecule has 0 aliphatic rings. The van der Waals surface area contributed by atoms with Crippen molar-refractivity contribution in [3.8, 4) is 5.95 Å². The standard InChI is InChI=1S/C11H16N6/c1-7(2)9-4-8(3)14-11(15-9)17-6-13-10(5-12)16-17/h4,6-7H,5,12H2,1-3H3. The fourth-order valence-corrected chi connectivity index (χ4v) is 1.46. The average molecular weight is 232 g/mol. The Morgan fingerprint density at radius 2 is 2.12 bits per heavy atom. The highest BCUT2D eigenvalue weighted by Gasteiger charge is 2.09. The van der Waals surface area contributed by atoms with Crippen LogP contribution in [0.5, 0.6) is 0 Å². The molecule has 0 bridgehead atoms. The minimum Gasteiger partial charge on any atom is -0.324 e. The van der Waals surface area contributed by atoms with Gasteiger partial charge in [-0.1, -0.05) is 13.8 Å². The molecule has 0 aliphatic heterocycles. The lowest BCUT2D eigenvalue weighted by atomic mass is 10.1. The second-order valence-corrected chi connectivity index (χ2v) is 4.20. The highest BCUT2D eigenvalue weighted by Crippen LogP contribution is 2.13. The molecule has 2 N–H and O–H groups in total. The van der Waals surface area contributed by atoms with E-state index < -0.39 is 0 Å². The van der Waals surface area contributed by atoms with Gasteiger partial charge in [0.15, 0.2) is 5.82 Å². The third-order valence-electron chi connectivity index (χ3n) is 2.38. The van der Waals surface area contributed by atoms with Crippen LogP contribution in [0.3, 0.4) is 0 Å². The van der Waals surface area contributed by atoms with Gasteiger partial charge in [-0.3, -0.25) is 0 Å². The molecule has 2 rings (SSSR count). The highest BCUT2D eigenvalue weighted by atomic mass is 15.4. The lowest BCUT2D eigenvalue weighted by molar-refractivity contribution is 0.739. The Hall–Kier alpha value is -1.82. The van der Waals surface area contributed by atoms with Crippen molar-refractivity contribution in [3.05, 3.63) is 29.6 Å². The van der Waals surface area contributed by atoms with E-state index in [0.717, 1.165) is 11.4 Å². The third kappa shape index (κ3) is 2.47. The van der Waals surface area contributed by atoms with Crippen LogP contribution in [0.1, 0.15) is 37.0 Å².